The van der Waals surface area contributed by atoms with E-state index >= 15 is 0 Å². The molecule has 1 aliphatic heterocycles. The molecule has 2 aromatic rings. The maximum absolute atomic E-state index is 6.06. The molecule has 2 N–H and O–H groups in total. The average Bonchev–Trinajstić information content (AvgIpc) is 2.97. The van der Waals surface area contributed by atoms with Gasteiger partial charge in [-0.1, -0.05) is 30.3 Å². The van der Waals surface area contributed by atoms with Crippen molar-refractivity contribution in [3.63, 3.8) is 0 Å². The molecule has 1 atom stereocenters. The van der Waals surface area contributed by atoms with Crippen LogP contribution in [0.2, 0.25) is 0 Å². The molecule has 5 heteroatoms. The average molecular weight is 269 g/mol. The molecule has 0 saturated carbocycles. The lowest BCUT2D eigenvalue weighted by molar-refractivity contribution is 0.339. The lowest BCUT2D eigenvalue weighted by Gasteiger charge is -2.26. The second kappa shape index (κ2) is 5.00. The van der Waals surface area contributed by atoms with Crippen molar-refractivity contribution in [3.05, 3.63) is 53.3 Å². The number of nitrogens with zero attached hydrogens (tertiary/aromatic N) is 4. The van der Waals surface area contributed by atoms with Crippen LogP contribution in [0.1, 0.15) is 22.9 Å². The Labute approximate surface area is 118 Å². The van der Waals surface area contributed by atoms with Crippen LogP contribution in [0.4, 0.5) is 0 Å². The summed E-state index contributed by atoms with van der Waals surface area (Å²) in [6.45, 7) is 3.55. The maximum atomic E-state index is 6.06. The number of aliphatic imine (C=N–C) groups is 1. The van der Waals surface area contributed by atoms with E-state index in [1.807, 2.05) is 36.1 Å². The second-order valence-corrected chi connectivity index (χ2v) is 5.14. The van der Waals surface area contributed by atoms with Gasteiger partial charge >= 0.3 is 0 Å². The quantitative estimate of drug-likeness (QED) is 0.920. The van der Waals surface area contributed by atoms with Crippen molar-refractivity contribution in [3.8, 4) is 0 Å². The summed E-state index contributed by atoms with van der Waals surface area (Å²) in [4.78, 5) is 6.56. The molecule has 0 aliphatic carbocycles. The summed E-state index contributed by atoms with van der Waals surface area (Å²) >= 11 is 0. The Hall–Kier alpha value is -2.30. The molecule has 104 valence electrons. The van der Waals surface area contributed by atoms with Gasteiger partial charge in [0.05, 0.1) is 18.8 Å². The molecule has 1 aromatic carbocycles. The van der Waals surface area contributed by atoms with Gasteiger partial charge in [0.2, 0.25) is 0 Å². The number of aromatic nitrogens is 2. The topological polar surface area (TPSA) is 59.4 Å². The summed E-state index contributed by atoms with van der Waals surface area (Å²) in [5.41, 5.74) is 9.66. The minimum atomic E-state index is 0.184. The van der Waals surface area contributed by atoms with Crippen molar-refractivity contribution in [1.29, 1.82) is 0 Å². The maximum Gasteiger partial charge on any atom is 0.192 e. The van der Waals surface area contributed by atoms with Gasteiger partial charge in [0.1, 0.15) is 0 Å². The molecule has 1 aromatic heterocycles. The molecule has 0 saturated heterocycles. The van der Waals surface area contributed by atoms with Crippen LogP contribution in [0.15, 0.2) is 41.5 Å². The van der Waals surface area contributed by atoms with E-state index in [-0.39, 0.29) is 6.04 Å². The van der Waals surface area contributed by atoms with Gasteiger partial charge in [0, 0.05) is 24.8 Å². The van der Waals surface area contributed by atoms with Gasteiger partial charge in [-0.25, -0.2) is 0 Å². The molecular formula is C15H19N5. The number of aryl methyl sites for hydroxylation is 1. The van der Waals surface area contributed by atoms with Crippen molar-refractivity contribution in [2.24, 2.45) is 17.8 Å². The minimum absolute atomic E-state index is 0.184. The Bertz CT molecular complexity index is 629. The summed E-state index contributed by atoms with van der Waals surface area (Å²) in [7, 11) is 1.96. The smallest absolute Gasteiger partial charge is 0.192 e. The predicted molar refractivity (Wildman–Crippen MR) is 79.2 cm³/mol. The van der Waals surface area contributed by atoms with E-state index in [0.29, 0.717) is 12.5 Å². The van der Waals surface area contributed by atoms with Crippen LogP contribution in [0.25, 0.3) is 0 Å². The first-order valence-corrected chi connectivity index (χ1v) is 6.76. The van der Waals surface area contributed by atoms with Crippen LogP contribution in [0, 0.1) is 6.92 Å². The Balaban J connectivity index is 1.87. The number of rotatable bonds is 3. The van der Waals surface area contributed by atoms with Crippen molar-refractivity contribution in [2.45, 2.75) is 19.5 Å². The number of hydrogen-bond acceptors (Lipinski definition) is 4. The molecule has 1 unspecified atom stereocenters. The van der Waals surface area contributed by atoms with E-state index in [9.17, 15) is 0 Å². The van der Waals surface area contributed by atoms with Crippen LogP contribution in [0.3, 0.4) is 0 Å². The van der Waals surface area contributed by atoms with Crippen LogP contribution in [0.5, 0.6) is 0 Å². The van der Waals surface area contributed by atoms with E-state index in [4.69, 9.17) is 5.73 Å². The standard InChI is InChI=1S/C15H19N5/c1-11-13(8-18-19(11)2)14-9-17-15(16)20(14)10-12-6-4-3-5-7-12/h3-8,14H,9-10H2,1-2H3,(H2,16,17). The SMILES string of the molecule is Cc1c(C2CN=C(N)N2Cc2ccccc2)cnn1C. The Morgan fingerprint density at radius 2 is 2.05 bits per heavy atom. The van der Waals surface area contributed by atoms with E-state index in [1.165, 1.54) is 11.1 Å². The van der Waals surface area contributed by atoms with Gasteiger partial charge in [0.25, 0.3) is 0 Å². The second-order valence-electron chi connectivity index (χ2n) is 5.14. The first-order valence-electron chi connectivity index (χ1n) is 6.76. The van der Waals surface area contributed by atoms with Gasteiger partial charge in [0.15, 0.2) is 5.96 Å². The predicted octanol–water partition coefficient (Wildman–Crippen LogP) is 1.60. The fourth-order valence-corrected chi connectivity index (χ4v) is 2.61. The van der Waals surface area contributed by atoms with Gasteiger partial charge in [-0.2, -0.15) is 5.10 Å². The molecule has 5 nitrogen and oxygen atoms in total. The molecule has 3 rings (SSSR count). The fraction of sp³-hybridized carbons (Fsp3) is 0.333. The van der Waals surface area contributed by atoms with Crippen LogP contribution >= 0.6 is 0 Å². The highest BCUT2D eigenvalue weighted by molar-refractivity contribution is 5.80. The third-order valence-electron chi connectivity index (χ3n) is 3.92. The van der Waals surface area contributed by atoms with Crippen molar-refractivity contribution < 1.29 is 0 Å². The highest BCUT2D eigenvalue weighted by Gasteiger charge is 2.29. The van der Waals surface area contributed by atoms with Gasteiger partial charge in [-0.15, -0.1) is 0 Å². The largest absolute Gasteiger partial charge is 0.370 e. The molecule has 0 amide bonds. The van der Waals surface area contributed by atoms with Crippen molar-refractivity contribution in [1.82, 2.24) is 14.7 Å². The van der Waals surface area contributed by atoms with Crippen molar-refractivity contribution in [2.75, 3.05) is 6.54 Å². The molecule has 20 heavy (non-hydrogen) atoms. The Morgan fingerprint density at radius 3 is 2.70 bits per heavy atom. The molecule has 0 fully saturated rings. The van der Waals surface area contributed by atoms with Crippen molar-refractivity contribution >= 4 is 5.96 Å². The van der Waals surface area contributed by atoms with Crippen LogP contribution in [-0.4, -0.2) is 27.2 Å². The Kier molecular flexibility index (Phi) is 3.18. The zero-order valence-corrected chi connectivity index (χ0v) is 11.8. The fourth-order valence-electron chi connectivity index (χ4n) is 2.61. The number of nitrogens with two attached hydrogens (primary N) is 1. The number of hydrogen-bond donors (Lipinski definition) is 1. The molecule has 0 spiro atoms. The zero-order valence-electron chi connectivity index (χ0n) is 11.8. The lowest BCUT2D eigenvalue weighted by atomic mass is 10.1. The van der Waals surface area contributed by atoms with E-state index in [1.54, 1.807) is 0 Å². The summed E-state index contributed by atoms with van der Waals surface area (Å²) < 4.78 is 1.89. The van der Waals surface area contributed by atoms with E-state index in [2.05, 4.69) is 34.0 Å². The molecule has 2 heterocycles. The van der Waals surface area contributed by atoms with E-state index < -0.39 is 0 Å². The summed E-state index contributed by atoms with van der Waals surface area (Å²) in [5, 5.41) is 4.33. The normalized spacial score (nSPS) is 18.4. The van der Waals surface area contributed by atoms with Crippen LogP contribution < -0.4 is 5.73 Å². The molecule has 0 radical (unpaired) electrons. The highest BCUT2D eigenvalue weighted by Crippen LogP contribution is 2.28. The number of benzene rings is 1. The third kappa shape index (κ3) is 2.15. The van der Waals surface area contributed by atoms with Gasteiger partial charge in [-0.3, -0.25) is 9.67 Å². The zero-order chi connectivity index (χ0) is 14.1. The van der Waals surface area contributed by atoms with Gasteiger partial charge < -0.3 is 10.6 Å². The minimum Gasteiger partial charge on any atom is -0.370 e. The van der Waals surface area contributed by atoms with Gasteiger partial charge in [-0.05, 0) is 12.5 Å². The molecular weight excluding hydrogens is 250 g/mol. The number of guanidine groups is 1. The summed E-state index contributed by atoms with van der Waals surface area (Å²) in [5.74, 6) is 0.613. The van der Waals surface area contributed by atoms with Crippen LogP contribution in [-0.2, 0) is 13.6 Å². The highest BCUT2D eigenvalue weighted by atomic mass is 15.3. The Morgan fingerprint density at radius 1 is 1.30 bits per heavy atom. The lowest BCUT2D eigenvalue weighted by Crippen LogP contribution is -2.35. The monoisotopic (exact) mass is 269 g/mol. The molecule has 0 bridgehead atoms. The summed E-state index contributed by atoms with van der Waals surface area (Å²) in [6.07, 6.45) is 1.92. The first kappa shape index (κ1) is 12.7. The summed E-state index contributed by atoms with van der Waals surface area (Å²) in [6, 6.07) is 10.5. The first-order chi connectivity index (χ1) is 9.66. The third-order valence-corrected chi connectivity index (χ3v) is 3.92. The molecule has 1 aliphatic rings. The van der Waals surface area contributed by atoms with E-state index in [0.717, 1.165) is 12.2 Å².